The summed E-state index contributed by atoms with van der Waals surface area (Å²) in [5.74, 6) is 0.762. The Kier molecular flexibility index (Phi) is 2.99. The molecule has 1 nitrogen and oxygen atoms in total. The SMILES string of the molecule is c1ccc(CC2Cc3cccc4c3N(CCC4)C2)cc1. The summed E-state index contributed by atoms with van der Waals surface area (Å²) < 4.78 is 0. The van der Waals surface area contributed by atoms with Crippen molar-refractivity contribution in [2.45, 2.75) is 25.7 Å². The Morgan fingerprint density at radius 1 is 0.950 bits per heavy atom. The van der Waals surface area contributed by atoms with Gasteiger partial charge in [0, 0.05) is 18.8 Å². The smallest absolute Gasteiger partial charge is 0.0431 e. The van der Waals surface area contributed by atoms with Crippen molar-refractivity contribution in [3.05, 3.63) is 65.2 Å². The number of hydrogen-bond acceptors (Lipinski definition) is 1. The van der Waals surface area contributed by atoms with Crippen LogP contribution in [0, 0.1) is 5.92 Å². The van der Waals surface area contributed by atoms with Crippen LogP contribution in [0.5, 0.6) is 0 Å². The fourth-order valence-electron chi connectivity index (χ4n) is 3.94. The van der Waals surface area contributed by atoms with Gasteiger partial charge in [-0.15, -0.1) is 0 Å². The highest BCUT2D eigenvalue weighted by molar-refractivity contribution is 5.63. The molecule has 102 valence electrons. The molecule has 0 N–H and O–H groups in total. The van der Waals surface area contributed by atoms with Crippen molar-refractivity contribution < 1.29 is 0 Å². The lowest BCUT2D eigenvalue weighted by molar-refractivity contribution is 0.474. The topological polar surface area (TPSA) is 3.24 Å². The maximum absolute atomic E-state index is 2.64. The fraction of sp³-hybridized carbons (Fsp3) is 0.368. The zero-order valence-electron chi connectivity index (χ0n) is 11.9. The molecule has 2 aromatic carbocycles. The van der Waals surface area contributed by atoms with Crippen molar-refractivity contribution in [3.63, 3.8) is 0 Å². The highest BCUT2D eigenvalue weighted by Gasteiger charge is 2.28. The Hall–Kier alpha value is -1.76. The van der Waals surface area contributed by atoms with Gasteiger partial charge in [0.05, 0.1) is 0 Å². The molecule has 0 amide bonds. The number of aryl methyl sites for hydroxylation is 1. The second-order valence-electron chi connectivity index (χ2n) is 6.23. The fourth-order valence-corrected chi connectivity index (χ4v) is 3.94. The Morgan fingerprint density at radius 3 is 2.70 bits per heavy atom. The molecule has 2 aromatic rings. The van der Waals surface area contributed by atoms with Gasteiger partial charge in [-0.2, -0.15) is 0 Å². The monoisotopic (exact) mass is 263 g/mol. The van der Waals surface area contributed by atoms with E-state index in [4.69, 9.17) is 0 Å². The van der Waals surface area contributed by atoms with Gasteiger partial charge in [0.15, 0.2) is 0 Å². The molecule has 0 bridgehead atoms. The van der Waals surface area contributed by atoms with Gasteiger partial charge < -0.3 is 4.90 Å². The molecule has 0 fully saturated rings. The normalized spacial score (nSPS) is 20.6. The van der Waals surface area contributed by atoms with Crippen LogP contribution in [0.15, 0.2) is 48.5 Å². The number of nitrogens with zero attached hydrogens (tertiary/aromatic N) is 1. The average Bonchev–Trinajstić information content (AvgIpc) is 2.49. The molecule has 20 heavy (non-hydrogen) atoms. The molecule has 0 aromatic heterocycles. The van der Waals surface area contributed by atoms with Gasteiger partial charge in [0.25, 0.3) is 0 Å². The van der Waals surface area contributed by atoms with Gasteiger partial charge in [-0.25, -0.2) is 0 Å². The molecular formula is C19H21N. The van der Waals surface area contributed by atoms with Crippen molar-refractivity contribution in [1.29, 1.82) is 0 Å². The number of benzene rings is 2. The lowest BCUT2D eigenvalue weighted by Crippen LogP contribution is -2.39. The first-order chi connectivity index (χ1) is 9.90. The predicted molar refractivity (Wildman–Crippen MR) is 84.3 cm³/mol. The molecule has 0 radical (unpaired) electrons. The first-order valence-corrected chi connectivity index (χ1v) is 7.80. The summed E-state index contributed by atoms with van der Waals surface area (Å²) in [6.45, 7) is 2.48. The van der Waals surface area contributed by atoms with Crippen LogP contribution in [0.2, 0.25) is 0 Å². The van der Waals surface area contributed by atoms with E-state index in [9.17, 15) is 0 Å². The van der Waals surface area contributed by atoms with Crippen molar-refractivity contribution in [2.24, 2.45) is 5.92 Å². The molecule has 1 unspecified atom stereocenters. The maximum Gasteiger partial charge on any atom is 0.0431 e. The van der Waals surface area contributed by atoms with E-state index in [-0.39, 0.29) is 0 Å². The summed E-state index contributed by atoms with van der Waals surface area (Å²) in [6, 6.07) is 17.9. The molecule has 2 aliphatic heterocycles. The molecule has 0 spiro atoms. The first kappa shape index (κ1) is 12.0. The highest BCUT2D eigenvalue weighted by Crippen LogP contribution is 2.37. The molecule has 4 rings (SSSR count). The Labute approximate surface area is 121 Å². The minimum absolute atomic E-state index is 0.762. The van der Waals surface area contributed by atoms with Crippen LogP contribution in [0.1, 0.15) is 23.1 Å². The van der Waals surface area contributed by atoms with Crippen molar-refractivity contribution in [1.82, 2.24) is 0 Å². The van der Waals surface area contributed by atoms with Crippen LogP contribution in [-0.4, -0.2) is 13.1 Å². The largest absolute Gasteiger partial charge is 0.371 e. The van der Waals surface area contributed by atoms with Crippen LogP contribution in [0.4, 0.5) is 5.69 Å². The number of anilines is 1. The van der Waals surface area contributed by atoms with Crippen LogP contribution < -0.4 is 4.90 Å². The number of para-hydroxylation sites is 1. The third kappa shape index (κ3) is 2.11. The second-order valence-corrected chi connectivity index (χ2v) is 6.23. The molecule has 2 aliphatic rings. The van der Waals surface area contributed by atoms with Gasteiger partial charge in [0.2, 0.25) is 0 Å². The molecule has 1 heteroatoms. The second kappa shape index (κ2) is 4.97. The van der Waals surface area contributed by atoms with Crippen LogP contribution in [-0.2, 0) is 19.3 Å². The Balaban J connectivity index is 1.61. The number of rotatable bonds is 2. The maximum atomic E-state index is 2.64. The standard InChI is InChI=1S/C19H21N/c1-2-6-15(7-3-1)12-16-13-18-9-4-8-17-10-5-11-20(14-16)19(17)18/h1-4,6-9,16H,5,10-14H2. The van der Waals surface area contributed by atoms with E-state index in [1.807, 2.05) is 0 Å². The van der Waals surface area contributed by atoms with E-state index >= 15 is 0 Å². The molecule has 2 heterocycles. The quantitative estimate of drug-likeness (QED) is 0.795. The highest BCUT2D eigenvalue weighted by atomic mass is 15.1. The Bertz CT molecular complexity index is 602. The minimum Gasteiger partial charge on any atom is -0.371 e. The van der Waals surface area contributed by atoms with Crippen molar-refractivity contribution in [3.8, 4) is 0 Å². The minimum atomic E-state index is 0.762. The first-order valence-electron chi connectivity index (χ1n) is 7.80. The number of hydrogen-bond donors (Lipinski definition) is 0. The third-order valence-corrected chi connectivity index (χ3v) is 4.75. The van der Waals surface area contributed by atoms with E-state index < -0.39 is 0 Å². The van der Waals surface area contributed by atoms with Gasteiger partial charge >= 0.3 is 0 Å². The summed E-state index contributed by atoms with van der Waals surface area (Å²) >= 11 is 0. The lowest BCUT2D eigenvalue weighted by Gasteiger charge is -2.40. The van der Waals surface area contributed by atoms with Crippen molar-refractivity contribution in [2.75, 3.05) is 18.0 Å². The molecular weight excluding hydrogens is 242 g/mol. The molecule has 0 saturated carbocycles. The predicted octanol–water partition coefficient (Wildman–Crippen LogP) is 3.85. The molecule has 0 saturated heterocycles. The van der Waals surface area contributed by atoms with E-state index in [0.29, 0.717) is 0 Å². The van der Waals surface area contributed by atoms with Crippen LogP contribution in [0.25, 0.3) is 0 Å². The summed E-state index contributed by atoms with van der Waals surface area (Å²) in [5, 5.41) is 0. The van der Waals surface area contributed by atoms with E-state index in [1.54, 1.807) is 16.8 Å². The van der Waals surface area contributed by atoms with Crippen molar-refractivity contribution >= 4 is 5.69 Å². The molecule has 1 atom stereocenters. The van der Waals surface area contributed by atoms with E-state index in [0.717, 1.165) is 5.92 Å². The van der Waals surface area contributed by atoms with Gasteiger partial charge in [-0.1, -0.05) is 48.5 Å². The molecule has 0 aliphatic carbocycles. The van der Waals surface area contributed by atoms with Gasteiger partial charge in [-0.05, 0) is 48.3 Å². The zero-order valence-corrected chi connectivity index (χ0v) is 11.9. The third-order valence-electron chi connectivity index (χ3n) is 4.75. The lowest BCUT2D eigenvalue weighted by atomic mass is 9.84. The van der Waals surface area contributed by atoms with E-state index in [2.05, 4.69) is 53.4 Å². The summed E-state index contributed by atoms with van der Waals surface area (Å²) in [5.41, 5.74) is 6.21. The zero-order chi connectivity index (χ0) is 13.4. The average molecular weight is 263 g/mol. The Morgan fingerprint density at radius 2 is 1.80 bits per heavy atom. The van der Waals surface area contributed by atoms with Crippen LogP contribution >= 0.6 is 0 Å². The summed E-state index contributed by atoms with van der Waals surface area (Å²) in [4.78, 5) is 2.64. The van der Waals surface area contributed by atoms with Crippen LogP contribution in [0.3, 0.4) is 0 Å². The summed E-state index contributed by atoms with van der Waals surface area (Å²) in [6.07, 6.45) is 5.03. The van der Waals surface area contributed by atoms with Gasteiger partial charge in [-0.3, -0.25) is 0 Å². The van der Waals surface area contributed by atoms with Gasteiger partial charge in [0.1, 0.15) is 0 Å². The van der Waals surface area contributed by atoms with E-state index in [1.165, 1.54) is 44.3 Å². The summed E-state index contributed by atoms with van der Waals surface area (Å²) in [7, 11) is 0.